The van der Waals surface area contributed by atoms with E-state index in [4.69, 9.17) is 5.73 Å². The highest BCUT2D eigenvalue weighted by Gasteiger charge is 1.97. The van der Waals surface area contributed by atoms with Crippen LogP contribution >= 0.6 is 0 Å². The van der Waals surface area contributed by atoms with Crippen molar-refractivity contribution >= 4 is 5.69 Å². The van der Waals surface area contributed by atoms with Crippen LogP contribution in [0.15, 0.2) is 61.2 Å². The minimum absolute atomic E-state index is 0.798. The summed E-state index contributed by atoms with van der Waals surface area (Å²) in [6.07, 6.45) is 2.83. The fourth-order valence-corrected chi connectivity index (χ4v) is 1.68. The molecule has 1 nitrogen and oxygen atoms in total. The molecule has 0 unspecified atom stereocenters. The largest absolute Gasteiger partial charge is 0.399 e. The standard InChI is InChI=1S/C15H15N/c1-2-3-12-4-6-13(7-5-12)14-8-10-15(16)11-9-14/h2,4-11H,1,3,16H2. The molecule has 16 heavy (non-hydrogen) atoms. The SMILES string of the molecule is C=CCc1ccc(-c2ccc(N)cc2)cc1. The highest BCUT2D eigenvalue weighted by molar-refractivity contribution is 5.65. The lowest BCUT2D eigenvalue weighted by Gasteiger charge is -2.03. The predicted molar refractivity (Wildman–Crippen MR) is 70.2 cm³/mol. The maximum atomic E-state index is 5.66. The number of nitrogen functional groups attached to an aromatic ring is 1. The molecule has 0 aliphatic heterocycles. The van der Waals surface area contributed by atoms with Crippen molar-refractivity contribution in [3.8, 4) is 11.1 Å². The van der Waals surface area contributed by atoms with E-state index in [1.807, 2.05) is 30.3 Å². The van der Waals surface area contributed by atoms with Crippen LogP contribution < -0.4 is 5.73 Å². The number of rotatable bonds is 3. The van der Waals surface area contributed by atoms with Crippen molar-refractivity contribution in [1.29, 1.82) is 0 Å². The predicted octanol–water partition coefficient (Wildman–Crippen LogP) is 3.66. The first-order chi connectivity index (χ1) is 7.79. The lowest BCUT2D eigenvalue weighted by Crippen LogP contribution is -1.85. The van der Waals surface area contributed by atoms with Gasteiger partial charge in [-0.3, -0.25) is 0 Å². The topological polar surface area (TPSA) is 26.0 Å². The van der Waals surface area contributed by atoms with Gasteiger partial charge in [-0.05, 0) is 35.2 Å². The average molecular weight is 209 g/mol. The molecule has 0 aromatic heterocycles. The zero-order chi connectivity index (χ0) is 11.4. The van der Waals surface area contributed by atoms with E-state index in [9.17, 15) is 0 Å². The molecule has 0 radical (unpaired) electrons. The van der Waals surface area contributed by atoms with Gasteiger partial charge < -0.3 is 5.73 Å². The third-order valence-corrected chi connectivity index (χ3v) is 2.58. The van der Waals surface area contributed by atoms with Crippen LogP contribution in [-0.4, -0.2) is 0 Å². The van der Waals surface area contributed by atoms with Crippen LogP contribution in [0, 0.1) is 0 Å². The summed E-state index contributed by atoms with van der Waals surface area (Å²) in [5.41, 5.74) is 10.2. The normalized spacial score (nSPS) is 10.0. The molecule has 2 aromatic rings. The minimum atomic E-state index is 0.798. The zero-order valence-corrected chi connectivity index (χ0v) is 9.19. The summed E-state index contributed by atoms with van der Waals surface area (Å²) in [6.45, 7) is 3.73. The maximum absolute atomic E-state index is 5.66. The van der Waals surface area contributed by atoms with Gasteiger partial charge in [-0.25, -0.2) is 0 Å². The Balaban J connectivity index is 2.27. The molecule has 0 saturated heterocycles. The molecular formula is C15H15N. The van der Waals surface area contributed by atoms with Crippen LogP contribution in [0.3, 0.4) is 0 Å². The molecular weight excluding hydrogens is 194 g/mol. The van der Waals surface area contributed by atoms with Crippen LogP contribution in [0.25, 0.3) is 11.1 Å². The smallest absolute Gasteiger partial charge is 0.0314 e. The number of nitrogens with two attached hydrogens (primary N) is 1. The van der Waals surface area contributed by atoms with Gasteiger partial charge in [0.25, 0.3) is 0 Å². The first-order valence-electron chi connectivity index (χ1n) is 5.35. The van der Waals surface area contributed by atoms with E-state index in [1.54, 1.807) is 0 Å². The molecule has 0 spiro atoms. The van der Waals surface area contributed by atoms with E-state index in [0.717, 1.165) is 12.1 Å². The molecule has 1 heteroatoms. The van der Waals surface area contributed by atoms with Crippen molar-refractivity contribution in [2.24, 2.45) is 0 Å². The van der Waals surface area contributed by atoms with Crippen LogP contribution in [0.1, 0.15) is 5.56 Å². The minimum Gasteiger partial charge on any atom is -0.399 e. The lowest BCUT2D eigenvalue weighted by atomic mass is 10.0. The molecule has 0 aliphatic rings. The summed E-state index contributed by atoms with van der Waals surface area (Å²) in [7, 11) is 0. The fraction of sp³-hybridized carbons (Fsp3) is 0.0667. The van der Waals surface area contributed by atoms with Crippen molar-refractivity contribution in [3.63, 3.8) is 0 Å². The number of hydrogen-bond donors (Lipinski definition) is 1. The Morgan fingerprint density at radius 3 is 1.88 bits per heavy atom. The average Bonchev–Trinajstić information content (AvgIpc) is 2.32. The van der Waals surface area contributed by atoms with Crippen molar-refractivity contribution in [2.45, 2.75) is 6.42 Å². The van der Waals surface area contributed by atoms with Gasteiger partial charge in [0, 0.05) is 5.69 Å². The molecule has 0 amide bonds. The van der Waals surface area contributed by atoms with Gasteiger partial charge in [-0.15, -0.1) is 6.58 Å². The van der Waals surface area contributed by atoms with Gasteiger partial charge in [-0.2, -0.15) is 0 Å². The van der Waals surface area contributed by atoms with Crippen molar-refractivity contribution in [1.82, 2.24) is 0 Å². The Labute approximate surface area is 96.2 Å². The highest BCUT2D eigenvalue weighted by Crippen LogP contribution is 2.21. The van der Waals surface area contributed by atoms with Crippen LogP contribution in [0.4, 0.5) is 5.69 Å². The Morgan fingerprint density at radius 2 is 1.38 bits per heavy atom. The van der Waals surface area contributed by atoms with Crippen molar-refractivity contribution < 1.29 is 0 Å². The molecule has 2 rings (SSSR count). The van der Waals surface area contributed by atoms with E-state index in [0.29, 0.717) is 0 Å². The molecule has 0 bridgehead atoms. The third-order valence-electron chi connectivity index (χ3n) is 2.58. The number of hydrogen-bond acceptors (Lipinski definition) is 1. The van der Waals surface area contributed by atoms with E-state index < -0.39 is 0 Å². The summed E-state index contributed by atoms with van der Waals surface area (Å²) in [5, 5.41) is 0. The summed E-state index contributed by atoms with van der Waals surface area (Å²) in [4.78, 5) is 0. The quantitative estimate of drug-likeness (QED) is 0.606. The van der Waals surface area contributed by atoms with Gasteiger partial charge in [0.05, 0.1) is 0 Å². The Hall–Kier alpha value is -2.02. The molecule has 0 saturated carbocycles. The van der Waals surface area contributed by atoms with E-state index in [2.05, 4.69) is 30.8 Å². The maximum Gasteiger partial charge on any atom is 0.0314 e. The number of anilines is 1. The van der Waals surface area contributed by atoms with Crippen LogP contribution in [0.5, 0.6) is 0 Å². The van der Waals surface area contributed by atoms with Crippen LogP contribution in [0.2, 0.25) is 0 Å². The molecule has 0 atom stereocenters. The second kappa shape index (κ2) is 4.67. The third kappa shape index (κ3) is 2.31. The first-order valence-corrected chi connectivity index (χ1v) is 5.35. The highest BCUT2D eigenvalue weighted by atomic mass is 14.5. The molecule has 0 aliphatic carbocycles. The Bertz CT molecular complexity index is 466. The summed E-state index contributed by atoms with van der Waals surface area (Å²) in [5.74, 6) is 0. The van der Waals surface area contributed by atoms with Gasteiger partial charge in [0.1, 0.15) is 0 Å². The van der Waals surface area contributed by atoms with Crippen molar-refractivity contribution in [2.75, 3.05) is 5.73 Å². The molecule has 2 aromatic carbocycles. The second-order valence-corrected chi connectivity index (χ2v) is 3.81. The Morgan fingerprint density at radius 1 is 0.875 bits per heavy atom. The number of benzene rings is 2. The van der Waals surface area contributed by atoms with E-state index in [-0.39, 0.29) is 0 Å². The van der Waals surface area contributed by atoms with E-state index in [1.165, 1.54) is 16.7 Å². The van der Waals surface area contributed by atoms with E-state index >= 15 is 0 Å². The van der Waals surface area contributed by atoms with Crippen molar-refractivity contribution in [3.05, 3.63) is 66.7 Å². The van der Waals surface area contributed by atoms with Gasteiger partial charge in [0.2, 0.25) is 0 Å². The lowest BCUT2D eigenvalue weighted by molar-refractivity contribution is 1.28. The zero-order valence-electron chi connectivity index (χ0n) is 9.19. The fourth-order valence-electron chi connectivity index (χ4n) is 1.68. The van der Waals surface area contributed by atoms with Crippen LogP contribution in [-0.2, 0) is 6.42 Å². The van der Waals surface area contributed by atoms with Gasteiger partial charge in [-0.1, -0.05) is 42.5 Å². The van der Waals surface area contributed by atoms with Gasteiger partial charge >= 0.3 is 0 Å². The first kappa shape index (κ1) is 10.5. The molecule has 0 heterocycles. The summed E-state index contributed by atoms with van der Waals surface area (Å²) in [6, 6.07) is 16.4. The molecule has 2 N–H and O–H groups in total. The number of allylic oxidation sites excluding steroid dienone is 1. The van der Waals surface area contributed by atoms with Gasteiger partial charge in [0.15, 0.2) is 0 Å². The molecule has 0 fully saturated rings. The summed E-state index contributed by atoms with van der Waals surface area (Å²) >= 11 is 0. The Kier molecular flexibility index (Phi) is 3.06. The second-order valence-electron chi connectivity index (χ2n) is 3.81. The monoisotopic (exact) mass is 209 g/mol. The summed E-state index contributed by atoms with van der Waals surface area (Å²) < 4.78 is 0. The molecule has 80 valence electrons.